The summed E-state index contributed by atoms with van der Waals surface area (Å²) in [7, 11) is 0. The van der Waals surface area contributed by atoms with Crippen LogP contribution >= 0.6 is 0 Å². The van der Waals surface area contributed by atoms with Gasteiger partial charge in [-0.25, -0.2) is 14.2 Å². The van der Waals surface area contributed by atoms with Crippen LogP contribution < -0.4 is 10.1 Å². The molecule has 0 bridgehead atoms. The molecule has 0 fully saturated rings. The molecule has 0 spiro atoms. The van der Waals surface area contributed by atoms with Gasteiger partial charge in [-0.3, -0.25) is 0 Å². The van der Waals surface area contributed by atoms with E-state index in [1.165, 1.54) is 18.2 Å². The van der Waals surface area contributed by atoms with Crippen LogP contribution in [0, 0.1) is 5.82 Å². The van der Waals surface area contributed by atoms with E-state index < -0.39 is 5.97 Å². The predicted octanol–water partition coefficient (Wildman–Crippen LogP) is 3.24. The summed E-state index contributed by atoms with van der Waals surface area (Å²) in [5, 5.41) is 12.2. The third kappa shape index (κ3) is 3.00. The average molecular weight is 302 g/mol. The second kappa shape index (κ2) is 6.01. The molecule has 1 aromatic carbocycles. The maximum absolute atomic E-state index is 13.5. The first-order chi connectivity index (χ1) is 10.6. The number of benzene rings is 1. The minimum Gasteiger partial charge on any atom is -0.493 e. The van der Waals surface area contributed by atoms with E-state index in [0.717, 1.165) is 18.4 Å². The van der Waals surface area contributed by atoms with Gasteiger partial charge >= 0.3 is 5.97 Å². The first kappa shape index (κ1) is 14.3. The van der Waals surface area contributed by atoms with Gasteiger partial charge < -0.3 is 15.2 Å². The van der Waals surface area contributed by atoms with Crippen LogP contribution in [0.15, 0.2) is 36.4 Å². The lowest BCUT2D eigenvalue weighted by atomic mass is 10.0. The molecule has 1 unspecified atom stereocenters. The first-order valence-corrected chi connectivity index (χ1v) is 7.02. The van der Waals surface area contributed by atoms with Crippen molar-refractivity contribution in [1.82, 2.24) is 4.98 Å². The van der Waals surface area contributed by atoms with Crippen LogP contribution in [0.5, 0.6) is 5.75 Å². The second-order valence-corrected chi connectivity index (χ2v) is 5.08. The topological polar surface area (TPSA) is 71.5 Å². The number of hydrogen-bond acceptors (Lipinski definition) is 4. The van der Waals surface area contributed by atoms with Crippen LogP contribution in [0.25, 0.3) is 0 Å². The molecular weight excluding hydrogens is 287 g/mol. The maximum Gasteiger partial charge on any atom is 0.354 e. The zero-order valence-corrected chi connectivity index (χ0v) is 11.8. The van der Waals surface area contributed by atoms with Crippen LogP contribution in [0.2, 0.25) is 0 Å². The molecule has 1 aromatic heterocycles. The van der Waals surface area contributed by atoms with E-state index in [-0.39, 0.29) is 17.6 Å². The number of carboxylic acid groups (broad SMARTS) is 1. The normalized spacial score (nSPS) is 17.0. The van der Waals surface area contributed by atoms with Crippen molar-refractivity contribution in [2.24, 2.45) is 0 Å². The monoisotopic (exact) mass is 302 g/mol. The zero-order valence-electron chi connectivity index (χ0n) is 11.8. The number of aromatic nitrogens is 1. The number of nitrogens with zero attached hydrogens (tertiary/aromatic N) is 1. The van der Waals surface area contributed by atoms with Crippen molar-refractivity contribution in [3.05, 3.63) is 53.5 Å². The molecule has 2 heterocycles. The Kier molecular flexibility index (Phi) is 3.91. The molecule has 1 aliphatic rings. The fourth-order valence-corrected chi connectivity index (χ4v) is 2.51. The molecule has 1 aliphatic heterocycles. The van der Waals surface area contributed by atoms with E-state index in [0.29, 0.717) is 18.2 Å². The highest BCUT2D eigenvalue weighted by atomic mass is 19.1. The van der Waals surface area contributed by atoms with E-state index in [1.54, 1.807) is 18.2 Å². The van der Waals surface area contributed by atoms with Gasteiger partial charge in [0.05, 0.1) is 12.6 Å². The van der Waals surface area contributed by atoms with Gasteiger partial charge in [0, 0.05) is 5.56 Å². The number of ether oxygens (including phenoxy) is 1. The van der Waals surface area contributed by atoms with Crippen molar-refractivity contribution < 1.29 is 19.0 Å². The summed E-state index contributed by atoms with van der Waals surface area (Å²) in [4.78, 5) is 15.0. The Bertz CT molecular complexity index is 706. The summed E-state index contributed by atoms with van der Waals surface area (Å²) in [5.41, 5.74) is 0.689. The molecular formula is C16H15FN2O3. The van der Waals surface area contributed by atoms with E-state index >= 15 is 0 Å². The van der Waals surface area contributed by atoms with Crippen LogP contribution in [0.3, 0.4) is 0 Å². The van der Waals surface area contributed by atoms with Crippen molar-refractivity contribution in [1.29, 1.82) is 0 Å². The molecule has 0 saturated carbocycles. The molecule has 0 radical (unpaired) electrons. The Morgan fingerprint density at radius 2 is 2.23 bits per heavy atom. The Balaban J connectivity index is 1.90. The Labute approximate surface area is 126 Å². The minimum atomic E-state index is -1.08. The molecule has 0 aliphatic carbocycles. The second-order valence-electron chi connectivity index (χ2n) is 5.08. The number of fused-ring (bicyclic) bond motifs is 1. The number of nitrogens with one attached hydrogen (secondary N) is 1. The van der Waals surface area contributed by atoms with E-state index in [1.807, 2.05) is 0 Å². The maximum atomic E-state index is 13.5. The fraction of sp³-hybridized carbons (Fsp3) is 0.250. The Morgan fingerprint density at radius 3 is 3.05 bits per heavy atom. The summed E-state index contributed by atoms with van der Waals surface area (Å²) < 4.78 is 19.1. The Morgan fingerprint density at radius 1 is 1.36 bits per heavy atom. The first-order valence-electron chi connectivity index (χ1n) is 7.02. The van der Waals surface area contributed by atoms with Crippen molar-refractivity contribution in [3.63, 3.8) is 0 Å². The molecule has 1 atom stereocenters. The molecule has 2 N–H and O–H groups in total. The van der Waals surface area contributed by atoms with Gasteiger partial charge in [0.2, 0.25) is 0 Å². The molecule has 5 nitrogen and oxygen atoms in total. The quantitative estimate of drug-likeness (QED) is 0.910. The van der Waals surface area contributed by atoms with E-state index in [2.05, 4.69) is 10.3 Å². The van der Waals surface area contributed by atoms with E-state index in [9.17, 15) is 9.18 Å². The summed E-state index contributed by atoms with van der Waals surface area (Å²) >= 11 is 0. The number of pyridine rings is 1. The highest BCUT2D eigenvalue weighted by Crippen LogP contribution is 2.34. The zero-order chi connectivity index (χ0) is 15.5. The molecule has 22 heavy (non-hydrogen) atoms. The standard InChI is InChI=1S/C16H15FN2O3/c17-10-6-7-14-11(9-10)12(4-2-8-22-14)18-15-5-1-3-13(19-15)16(20)21/h1,3,5-7,9,12H,2,4,8H2,(H,18,19)(H,20,21). The molecule has 0 saturated heterocycles. The molecule has 0 amide bonds. The average Bonchev–Trinajstić information content (AvgIpc) is 2.70. The number of anilines is 1. The van der Waals surface area contributed by atoms with Crippen molar-refractivity contribution >= 4 is 11.8 Å². The van der Waals surface area contributed by atoms with Gasteiger partial charge in [-0.1, -0.05) is 6.07 Å². The number of halogens is 1. The summed E-state index contributed by atoms with van der Waals surface area (Å²) in [6, 6.07) is 8.99. The molecule has 6 heteroatoms. The van der Waals surface area contributed by atoms with Gasteiger partial charge in [0.1, 0.15) is 17.4 Å². The highest BCUT2D eigenvalue weighted by Gasteiger charge is 2.21. The summed E-state index contributed by atoms with van der Waals surface area (Å²) in [6.07, 6.45) is 1.56. The fourth-order valence-electron chi connectivity index (χ4n) is 2.51. The van der Waals surface area contributed by atoms with Crippen molar-refractivity contribution in [3.8, 4) is 5.75 Å². The number of rotatable bonds is 3. The number of carbonyl (C=O) groups is 1. The summed E-state index contributed by atoms with van der Waals surface area (Å²) in [5.74, 6) is -0.324. The predicted molar refractivity (Wildman–Crippen MR) is 78.7 cm³/mol. The van der Waals surface area contributed by atoms with Gasteiger partial charge in [-0.2, -0.15) is 0 Å². The molecule has 114 valence electrons. The van der Waals surface area contributed by atoms with Gasteiger partial charge in [0.15, 0.2) is 5.69 Å². The van der Waals surface area contributed by atoms with Gasteiger partial charge in [0.25, 0.3) is 0 Å². The lowest BCUT2D eigenvalue weighted by molar-refractivity contribution is 0.0690. The third-order valence-corrected chi connectivity index (χ3v) is 3.53. The lowest BCUT2D eigenvalue weighted by Crippen LogP contribution is -2.13. The van der Waals surface area contributed by atoms with E-state index in [4.69, 9.17) is 9.84 Å². The number of aromatic carboxylic acids is 1. The highest BCUT2D eigenvalue weighted by molar-refractivity contribution is 5.85. The van der Waals surface area contributed by atoms with Gasteiger partial charge in [-0.15, -0.1) is 0 Å². The number of hydrogen-bond donors (Lipinski definition) is 2. The SMILES string of the molecule is O=C(O)c1cccc(NC2CCCOc3ccc(F)cc32)n1. The van der Waals surface area contributed by atoms with Crippen molar-refractivity contribution in [2.75, 3.05) is 11.9 Å². The van der Waals surface area contributed by atoms with Crippen LogP contribution in [-0.2, 0) is 0 Å². The summed E-state index contributed by atoms with van der Waals surface area (Å²) in [6.45, 7) is 0.569. The van der Waals surface area contributed by atoms with Crippen molar-refractivity contribution in [2.45, 2.75) is 18.9 Å². The van der Waals surface area contributed by atoms with Gasteiger partial charge in [-0.05, 0) is 43.2 Å². The molecule has 2 aromatic rings. The van der Waals surface area contributed by atoms with Crippen LogP contribution in [0.1, 0.15) is 34.9 Å². The van der Waals surface area contributed by atoms with Crippen LogP contribution in [0.4, 0.5) is 10.2 Å². The largest absolute Gasteiger partial charge is 0.493 e. The third-order valence-electron chi connectivity index (χ3n) is 3.53. The smallest absolute Gasteiger partial charge is 0.354 e. The van der Waals surface area contributed by atoms with Crippen LogP contribution in [-0.4, -0.2) is 22.7 Å². The Hall–Kier alpha value is -2.63. The number of carboxylic acids is 1. The lowest BCUT2D eigenvalue weighted by Gasteiger charge is -2.19. The minimum absolute atomic E-state index is 0.0330. The molecule has 3 rings (SSSR count).